The minimum atomic E-state index is -3.88. The molecular formula is C13H15N3O7S2. The number of ether oxygens (including phenoxy) is 2. The second-order valence-electron chi connectivity index (χ2n) is 5.16. The highest BCUT2D eigenvalue weighted by atomic mass is 32.2. The summed E-state index contributed by atoms with van der Waals surface area (Å²) in [6.45, 7) is 1.32. The van der Waals surface area contributed by atoms with Crippen LogP contribution in [0, 0.1) is 6.92 Å². The molecule has 2 heterocycles. The molecule has 12 heteroatoms. The second kappa shape index (κ2) is 6.54. The third kappa shape index (κ3) is 4.21. The summed E-state index contributed by atoms with van der Waals surface area (Å²) in [5, 5.41) is 3.51. The molecule has 1 aliphatic heterocycles. The Morgan fingerprint density at radius 2 is 1.88 bits per heavy atom. The normalized spacial score (nSPS) is 13.8. The number of aromatic nitrogens is 1. The predicted octanol–water partition coefficient (Wildman–Crippen LogP) is 0.432. The summed E-state index contributed by atoms with van der Waals surface area (Å²) in [6, 6.07) is 5.55. The third-order valence-electron chi connectivity index (χ3n) is 3.21. The molecule has 0 aliphatic carbocycles. The van der Waals surface area contributed by atoms with Gasteiger partial charge in [-0.2, -0.15) is 0 Å². The molecule has 2 aromatic rings. The van der Waals surface area contributed by atoms with Crippen molar-refractivity contribution in [2.24, 2.45) is 0 Å². The number of nitrogens with zero attached hydrogens (tertiary/aromatic N) is 1. The molecule has 0 amide bonds. The van der Waals surface area contributed by atoms with Crippen LogP contribution in [0.5, 0.6) is 11.5 Å². The van der Waals surface area contributed by atoms with E-state index in [-0.39, 0.29) is 24.1 Å². The van der Waals surface area contributed by atoms with Gasteiger partial charge in [-0.25, -0.2) is 21.6 Å². The van der Waals surface area contributed by atoms with E-state index in [4.69, 9.17) is 14.0 Å². The molecule has 1 aromatic carbocycles. The molecule has 1 aliphatic rings. The van der Waals surface area contributed by atoms with Gasteiger partial charge in [0.25, 0.3) is 0 Å². The van der Waals surface area contributed by atoms with Gasteiger partial charge in [0, 0.05) is 18.7 Å². The maximum Gasteiger partial charge on any atom is 0.240 e. The number of rotatable bonds is 7. The highest BCUT2D eigenvalue weighted by Crippen LogP contribution is 2.33. The van der Waals surface area contributed by atoms with Gasteiger partial charge in [-0.15, -0.1) is 0 Å². The monoisotopic (exact) mass is 389 g/mol. The molecule has 25 heavy (non-hydrogen) atoms. The summed E-state index contributed by atoms with van der Waals surface area (Å²) in [4.78, 5) is -0.0470. The Morgan fingerprint density at radius 1 is 1.12 bits per heavy atom. The summed E-state index contributed by atoms with van der Waals surface area (Å²) in [5.74, 6) is 0.785. The maximum atomic E-state index is 12.2. The average Bonchev–Trinajstić information content (AvgIpc) is 3.14. The van der Waals surface area contributed by atoms with Gasteiger partial charge in [0.1, 0.15) is 5.76 Å². The summed E-state index contributed by atoms with van der Waals surface area (Å²) in [6.07, 6.45) is 0. The highest BCUT2D eigenvalue weighted by molar-refractivity contribution is 7.92. The zero-order valence-corrected chi connectivity index (χ0v) is 14.7. The lowest BCUT2D eigenvalue weighted by Crippen LogP contribution is -2.31. The molecule has 0 bridgehead atoms. The van der Waals surface area contributed by atoms with E-state index in [1.807, 2.05) is 0 Å². The van der Waals surface area contributed by atoms with Crippen LogP contribution >= 0.6 is 0 Å². The van der Waals surface area contributed by atoms with E-state index < -0.39 is 25.8 Å². The Labute approximate surface area is 144 Å². The van der Waals surface area contributed by atoms with Gasteiger partial charge in [-0.3, -0.25) is 4.72 Å². The Balaban J connectivity index is 1.60. The van der Waals surface area contributed by atoms with E-state index in [0.717, 1.165) is 0 Å². The van der Waals surface area contributed by atoms with Crippen LogP contribution in [0.1, 0.15) is 5.76 Å². The van der Waals surface area contributed by atoms with Crippen molar-refractivity contribution in [1.82, 2.24) is 9.88 Å². The van der Waals surface area contributed by atoms with Crippen LogP contribution in [0.15, 0.2) is 33.7 Å². The third-order valence-corrected chi connectivity index (χ3v) is 5.93. The van der Waals surface area contributed by atoms with Gasteiger partial charge >= 0.3 is 0 Å². The predicted molar refractivity (Wildman–Crippen MR) is 86.4 cm³/mol. The van der Waals surface area contributed by atoms with Crippen molar-refractivity contribution in [1.29, 1.82) is 0 Å². The van der Waals surface area contributed by atoms with Crippen molar-refractivity contribution >= 4 is 25.9 Å². The van der Waals surface area contributed by atoms with E-state index >= 15 is 0 Å². The molecule has 0 fully saturated rings. The van der Waals surface area contributed by atoms with Crippen molar-refractivity contribution in [3.63, 3.8) is 0 Å². The van der Waals surface area contributed by atoms with Gasteiger partial charge in [0.2, 0.25) is 26.8 Å². The van der Waals surface area contributed by atoms with Crippen LogP contribution in [-0.4, -0.2) is 41.1 Å². The fraction of sp³-hybridized carbons (Fsp3) is 0.308. The number of hydrogen-bond donors (Lipinski definition) is 2. The number of fused-ring (bicyclic) bond motifs is 1. The van der Waals surface area contributed by atoms with E-state index in [1.165, 1.54) is 24.3 Å². The molecule has 0 saturated heterocycles. The van der Waals surface area contributed by atoms with Gasteiger partial charge in [-0.05, 0) is 19.1 Å². The van der Waals surface area contributed by atoms with Crippen molar-refractivity contribution in [3.8, 4) is 11.5 Å². The Hall–Kier alpha value is -2.31. The SMILES string of the molecule is Cc1cc(NS(=O)(=O)CCNS(=O)(=O)c2ccc3c(c2)OCO3)no1. The molecular weight excluding hydrogens is 374 g/mol. The Bertz CT molecular complexity index is 983. The highest BCUT2D eigenvalue weighted by Gasteiger charge is 2.21. The first kappa shape index (κ1) is 17.5. The fourth-order valence-corrected chi connectivity index (χ4v) is 4.13. The maximum absolute atomic E-state index is 12.2. The van der Waals surface area contributed by atoms with E-state index in [9.17, 15) is 16.8 Å². The molecule has 3 rings (SSSR count). The van der Waals surface area contributed by atoms with Crippen LogP contribution in [0.3, 0.4) is 0 Å². The zero-order chi connectivity index (χ0) is 18.1. The summed E-state index contributed by atoms with van der Waals surface area (Å²) in [7, 11) is -7.66. The molecule has 0 radical (unpaired) electrons. The first-order chi connectivity index (χ1) is 11.8. The number of nitrogens with one attached hydrogen (secondary N) is 2. The number of aryl methyl sites for hydroxylation is 1. The van der Waals surface area contributed by atoms with Crippen molar-refractivity contribution in [3.05, 3.63) is 30.0 Å². The topological polar surface area (TPSA) is 137 Å². The second-order valence-corrected chi connectivity index (χ2v) is 8.77. The minimum absolute atomic E-state index is 0.0255. The lowest BCUT2D eigenvalue weighted by atomic mass is 10.3. The lowest BCUT2D eigenvalue weighted by molar-refractivity contribution is 0.174. The number of anilines is 1. The molecule has 136 valence electrons. The van der Waals surface area contributed by atoms with Crippen molar-refractivity contribution in [2.45, 2.75) is 11.8 Å². The molecule has 0 unspecified atom stereocenters. The molecule has 1 aromatic heterocycles. The van der Waals surface area contributed by atoms with Crippen LogP contribution < -0.4 is 18.9 Å². The molecule has 0 atom stereocenters. The van der Waals surface area contributed by atoms with Crippen molar-refractivity contribution < 1.29 is 30.8 Å². The van der Waals surface area contributed by atoms with Crippen molar-refractivity contribution in [2.75, 3.05) is 23.8 Å². The van der Waals surface area contributed by atoms with Gasteiger partial charge in [0.05, 0.1) is 10.6 Å². The van der Waals surface area contributed by atoms with Crippen LogP contribution in [0.4, 0.5) is 5.82 Å². The van der Waals surface area contributed by atoms with Gasteiger partial charge in [0.15, 0.2) is 17.3 Å². The van der Waals surface area contributed by atoms with E-state index in [1.54, 1.807) is 6.92 Å². The molecule has 0 saturated carbocycles. The summed E-state index contributed by atoms with van der Waals surface area (Å²) in [5.41, 5.74) is 0. The largest absolute Gasteiger partial charge is 0.454 e. The van der Waals surface area contributed by atoms with E-state index in [2.05, 4.69) is 14.6 Å². The van der Waals surface area contributed by atoms with Crippen LogP contribution in [0.25, 0.3) is 0 Å². The first-order valence-corrected chi connectivity index (χ1v) is 10.2. The van der Waals surface area contributed by atoms with Gasteiger partial charge < -0.3 is 14.0 Å². The minimum Gasteiger partial charge on any atom is -0.454 e. The molecule has 10 nitrogen and oxygen atoms in total. The summed E-state index contributed by atoms with van der Waals surface area (Å²) >= 11 is 0. The van der Waals surface area contributed by atoms with Crippen LogP contribution in [0.2, 0.25) is 0 Å². The standard InChI is InChI=1S/C13H15N3O7S2/c1-9-6-13(15-23-9)16-24(17,18)5-4-14-25(19,20)10-2-3-11-12(7-10)22-8-21-11/h2-3,6-7,14H,4-5,8H2,1H3,(H,15,16). The molecule has 2 N–H and O–H groups in total. The Morgan fingerprint density at radius 3 is 2.60 bits per heavy atom. The van der Waals surface area contributed by atoms with E-state index in [0.29, 0.717) is 17.3 Å². The summed E-state index contributed by atoms with van der Waals surface area (Å²) < 4.78 is 67.7. The first-order valence-electron chi connectivity index (χ1n) is 7.08. The lowest BCUT2D eigenvalue weighted by Gasteiger charge is -2.08. The van der Waals surface area contributed by atoms with Gasteiger partial charge in [-0.1, -0.05) is 5.16 Å². The smallest absolute Gasteiger partial charge is 0.240 e. The number of benzene rings is 1. The number of hydrogen-bond acceptors (Lipinski definition) is 8. The molecule has 0 spiro atoms. The number of sulfonamides is 2. The zero-order valence-electron chi connectivity index (χ0n) is 13.1. The fourth-order valence-electron chi connectivity index (χ4n) is 2.06. The average molecular weight is 389 g/mol. The van der Waals surface area contributed by atoms with Crippen LogP contribution in [-0.2, 0) is 20.0 Å². The Kier molecular flexibility index (Phi) is 4.58. The quantitative estimate of drug-likeness (QED) is 0.696.